The number of aliphatic hydroxyl groups excluding tert-OH is 3. The number of esters is 1. The van der Waals surface area contributed by atoms with Crippen molar-refractivity contribution in [3.05, 3.63) is 91.3 Å². The number of aliphatic carboxylic acids is 1. The maximum atomic E-state index is 13.4. The van der Waals surface area contributed by atoms with Crippen LogP contribution in [-0.4, -0.2) is 82.7 Å². The lowest BCUT2D eigenvalue weighted by Gasteiger charge is -2.38. The van der Waals surface area contributed by atoms with Gasteiger partial charge in [0.15, 0.2) is 17.5 Å². The van der Waals surface area contributed by atoms with Gasteiger partial charge in [0.05, 0.1) is 33.9 Å². The van der Waals surface area contributed by atoms with Crippen LogP contribution in [0.4, 0.5) is 5.69 Å². The van der Waals surface area contributed by atoms with Crippen molar-refractivity contribution in [2.24, 2.45) is 0 Å². The van der Waals surface area contributed by atoms with E-state index in [1.807, 2.05) is 6.07 Å². The number of hydrogen-bond acceptors (Lipinski definition) is 14. The zero-order valence-electron chi connectivity index (χ0n) is 26.1. The van der Waals surface area contributed by atoms with Gasteiger partial charge in [-0.3, -0.25) is 14.9 Å². The van der Waals surface area contributed by atoms with Crippen molar-refractivity contribution in [2.75, 3.05) is 0 Å². The molecule has 17 heteroatoms. The van der Waals surface area contributed by atoms with Crippen LogP contribution in [-0.2, 0) is 44.4 Å². The van der Waals surface area contributed by atoms with Gasteiger partial charge in [0.2, 0.25) is 6.29 Å². The fourth-order valence-corrected chi connectivity index (χ4v) is 6.39. The normalized spacial score (nSPS) is 25.3. The Morgan fingerprint density at radius 3 is 2.60 bits per heavy atom. The highest BCUT2D eigenvalue weighted by molar-refractivity contribution is 5.87. The highest BCUT2D eigenvalue weighted by atomic mass is 16.7. The highest BCUT2D eigenvalue weighted by Crippen LogP contribution is 2.39. The molecule has 5 heterocycles. The smallest absolute Gasteiger partial charge is 0.343 e. The fourth-order valence-electron chi connectivity index (χ4n) is 6.39. The molecule has 0 bridgehead atoms. The molecule has 17 nitrogen and oxygen atoms in total. The number of nitro groups is 1. The molecule has 4 aromatic rings. The zero-order chi connectivity index (χ0) is 35.6. The lowest BCUT2D eigenvalue weighted by molar-refractivity contribution is -0.387. The molecule has 0 amide bonds. The molecule has 0 spiro atoms. The molecule has 1 saturated heterocycles. The number of cyclic esters (lactones) is 1. The van der Waals surface area contributed by atoms with E-state index in [-0.39, 0.29) is 48.6 Å². The van der Waals surface area contributed by atoms with Crippen molar-refractivity contribution in [2.45, 2.75) is 69.4 Å². The first-order chi connectivity index (χ1) is 23.8. The Hall–Kier alpha value is -5.46. The van der Waals surface area contributed by atoms with E-state index in [1.54, 1.807) is 31.2 Å². The molecule has 260 valence electrons. The average Bonchev–Trinajstić information content (AvgIpc) is 3.46. The van der Waals surface area contributed by atoms with Crippen LogP contribution >= 0.6 is 0 Å². The predicted octanol–water partition coefficient (Wildman–Crippen LogP) is 0.838. The van der Waals surface area contributed by atoms with Gasteiger partial charge in [-0.15, -0.1) is 0 Å². The van der Waals surface area contributed by atoms with E-state index in [1.165, 1.54) is 16.7 Å². The van der Waals surface area contributed by atoms with E-state index in [2.05, 4.69) is 0 Å². The number of aliphatic hydroxyl groups is 4. The van der Waals surface area contributed by atoms with Crippen molar-refractivity contribution in [1.29, 1.82) is 0 Å². The number of carbonyl (C=O) groups excluding carboxylic acids is 1. The van der Waals surface area contributed by atoms with Crippen molar-refractivity contribution < 1.29 is 59.0 Å². The topological polar surface area (TPSA) is 250 Å². The number of nitro benzene ring substituents is 1. The average molecular weight is 692 g/mol. The number of rotatable bonds is 8. The van der Waals surface area contributed by atoms with E-state index in [0.717, 1.165) is 11.6 Å². The molecule has 6 atom stereocenters. The van der Waals surface area contributed by atoms with Gasteiger partial charge in [-0.25, -0.2) is 14.6 Å². The number of nitrogens with zero attached hydrogens (tertiary/aromatic N) is 3. The minimum absolute atomic E-state index is 0.0269. The monoisotopic (exact) mass is 691 g/mol. The molecule has 1 fully saturated rings. The zero-order valence-corrected chi connectivity index (χ0v) is 26.1. The number of carbonyl (C=O) groups is 2. The summed E-state index contributed by atoms with van der Waals surface area (Å²) in [4.78, 5) is 53.1. The summed E-state index contributed by atoms with van der Waals surface area (Å²) in [5.41, 5.74) is 0.238. The van der Waals surface area contributed by atoms with Gasteiger partial charge in [-0.2, -0.15) is 0 Å². The summed E-state index contributed by atoms with van der Waals surface area (Å²) in [6.45, 7) is 1.49. The maximum Gasteiger partial charge on any atom is 0.343 e. The first-order valence-electron chi connectivity index (χ1n) is 15.4. The Morgan fingerprint density at radius 2 is 1.88 bits per heavy atom. The van der Waals surface area contributed by atoms with E-state index >= 15 is 0 Å². The Balaban J connectivity index is 1.11. The van der Waals surface area contributed by atoms with E-state index in [0.29, 0.717) is 33.6 Å². The molecule has 0 unspecified atom stereocenters. The molecule has 3 aliphatic heterocycles. The molecule has 3 aliphatic rings. The second-order valence-corrected chi connectivity index (χ2v) is 12.2. The Morgan fingerprint density at radius 1 is 1.10 bits per heavy atom. The van der Waals surface area contributed by atoms with Crippen LogP contribution in [0.1, 0.15) is 35.6 Å². The van der Waals surface area contributed by atoms with Crippen LogP contribution in [0.15, 0.2) is 53.3 Å². The standard InChI is InChI=1S/C33H29N3O14/c1-2-33(44)19-10-22-24-16(11-35(22)29(40)18(19)13-48-32(33)43)8-15-9-17(4-5-20(15)34-24)47-12-14-3-6-23(21(7-14)36(45)46)49-31-27(39)25(37)26(38)28(50-31)30(41)42/h3-10,25-28,31,37-39,44H,2,11-13H2,1H3,(H,41,42)/t25-,26-,27+,28-,31+,33-/m0/s1. The van der Waals surface area contributed by atoms with Crippen molar-refractivity contribution in [3.63, 3.8) is 0 Å². The number of fused-ring (bicyclic) bond motifs is 5. The maximum absolute atomic E-state index is 13.4. The first-order valence-corrected chi connectivity index (χ1v) is 15.4. The number of aromatic nitrogens is 2. The minimum atomic E-state index is -1.96. The Bertz CT molecular complexity index is 2150. The van der Waals surface area contributed by atoms with Crippen molar-refractivity contribution in [3.8, 4) is 22.9 Å². The van der Waals surface area contributed by atoms with Gasteiger partial charge >= 0.3 is 17.6 Å². The number of hydrogen-bond donors (Lipinski definition) is 5. The number of pyridine rings is 2. The van der Waals surface area contributed by atoms with Gasteiger partial charge in [-0.05, 0) is 48.4 Å². The van der Waals surface area contributed by atoms with Gasteiger partial charge < -0.3 is 49.0 Å². The summed E-state index contributed by atoms with van der Waals surface area (Å²) in [7, 11) is 0. The van der Waals surface area contributed by atoms with Gasteiger partial charge in [-0.1, -0.05) is 13.0 Å². The molecule has 0 saturated carbocycles. The fraction of sp³-hybridized carbons (Fsp3) is 0.333. The van der Waals surface area contributed by atoms with Crippen LogP contribution in [0, 0.1) is 10.1 Å². The summed E-state index contributed by atoms with van der Waals surface area (Å²) in [5, 5.41) is 63.0. The molecule has 2 aromatic carbocycles. The quantitative estimate of drug-likeness (QED) is 0.0859. The van der Waals surface area contributed by atoms with Crippen LogP contribution < -0.4 is 15.0 Å². The molecule has 0 radical (unpaired) electrons. The molecular formula is C33H29N3O14. The van der Waals surface area contributed by atoms with Gasteiger partial charge in [0.25, 0.3) is 5.56 Å². The molecule has 5 N–H and O–H groups in total. The summed E-state index contributed by atoms with van der Waals surface area (Å²) >= 11 is 0. The van der Waals surface area contributed by atoms with Crippen LogP contribution in [0.3, 0.4) is 0 Å². The van der Waals surface area contributed by atoms with Crippen molar-refractivity contribution in [1.82, 2.24) is 9.55 Å². The number of ether oxygens (including phenoxy) is 4. The lowest BCUT2D eigenvalue weighted by atomic mass is 9.86. The minimum Gasteiger partial charge on any atom is -0.489 e. The van der Waals surface area contributed by atoms with Crippen molar-refractivity contribution >= 4 is 28.5 Å². The third kappa shape index (κ3) is 5.31. The van der Waals surface area contributed by atoms with Gasteiger partial charge in [0, 0.05) is 22.6 Å². The predicted molar refractivity (Wildman–Crippen MR) is 167 cm³/mol. The lowest BCUT2D eigenvalue weighted by Crippen LogP contribution is -2.61. The number of carboxylic acids is 1. The van der Waals surface area contributed by atoms with E-state index < -0.39 is 58.9 Å². The van der Waals surface area contributed by atoms with Crippen LogP contribution in [0.2, 0.25) is 0 Å². The second-order valence-electron chi connectivity index (χ2n) is 12.2. The van der Waals surface area contributed by atoms with Gasteiger partial charge in [0.1, 0.15) is 37.3 Å². The molecule has 7 rings (SSSR count). The first kappa shape index (κ1) is 33.1. The summed E-state index contributed by atoms with van der Waals surface area (Å²) < 4.78 is 23.0. The largest absolute Gasteiger partial charge is 0.489 e. The molecule has 50 heavy (non-hydrogen) atoms. The molecule has 0 aliphatic carbocycles. The number of benzene rings is 2. The third-order valence-electron chi connectivity index (χ3n) is 9.16. The molecule has 2 aromatic heterocycles. The van der Waals surface area contributed by atoms with Crippen LogP contribution in [0.25, 0.3) is 22.3 Å². The van der Waals surface area contributed by atoms with E-state index in [4.69, 9.17) is 23.9 Å². The summed E-state index contributed by atoms with van der Waals surface area (Å²) in [6, 6.07) is 12.4. The number of carboxylic acid groups (broad SMARTS) is 1. The Kier molecular flexibility index (Phi) is 8.03. The van der Waals surface area contributed by atoms with E-state index in [9.17, 15) is 50.0 Å². The summed E-state index contributed by atoms with van der Waals surface area (Å²) in [5.74, 6) is -2.42. The summed E-state index contributed by atoms with van der Waals surface area (Å²) in [6.07, 6.45) is -9.57. The third-order valence-corrected chi connectivity index (χ3v) is 9.16. The SMILES string of the molecule is CC[C@@]1(O)C(=O)OCc2c1cc1n(c2=O)Cc2cc3cc(OCc4ccc(O[C@@H]5O[C@H](C(=O)O)[C@@H](O)[C@H](O)[C@H]5O)c([N+](=O)[O-])c4)ccc3nc2-1. The second kappa shape index (κ2) is 12.1. The highest BCUT2D eigenvalue weighted by Gasteiger charge is 2.49. The van der Waals surface area contributed by atoms with Crippen LogP contribution in [0.5, 0.6) is 11.5 Å². The Labute approximate surface area is 280 Å². The molecular weight excluding hydrogens is 662 g/mol.